The Hall–Kier alpha value is -2.92. The van der Waals surface area contributed by atoms with Crippen LogP contribution in [-0.4, -0.2) is 11.6 Å². The minimum Gasteiger partial charge on any atom is -0.488 e. The van der Waals surface area contributed by atoms with Crippen LogP contribution in [0, 0.1) is 0 Å². The predicted molar refractivity (Wildman–Crippen MR) is 101 cm³/mol. The second-order valence-corrected chi connectivity index (χ2v) is 6.33. The van der Waals surface area contributed by atoms with E-state index in [4.69, 9.17) is 4.74 Å². The maximum atomic E-state index is 12.5. The van der Waals surface area contributed by atoms with Crippen molar-refractivity contribution in [3.63, 3.8) is 0 Å². The lowest BCUT2D eigenvalue weighted by atomic mass is 10.2. The molecular formula is C20H18N2O2S. The molecule has 4 nitrogen and oxygen atoms in total. The molecule has 25 heavy (non-hydrogen) atoms. The Bertz CT molecular complexity index is 858. The van der Waals surface area contributed by atoms with E-state index in [-0.39, 0.29) is 5.91 Å². The molecule has 2 aromatic carbocycles. The zero-order valence-corrected chi connectivity index (χ0v) is 14.6. The normalized spacial score (nSPS) is 11.2. The Morgan fingerprint density at radius 2 is 1.80 bits per heavy atom. The van der Waals surface area contributed by atoms with Gasteiger partial charge in [-0.3, -0.25) is 4.79 Å². The van der Waals surface area contributed by atoms with Gasteiger partial charge in [0.25, 0.3) is 5.91 Å². The lowest BCUT2D eigenvalue weighted by Gasteiger charge is -2.10. The third-order valence-corrected chi connectivity index (χ3v) is 4.55. The van der Waals surface area contributed by atoms with Crippen LogP contribution in [-0.2, 0) is 6.61 Å². The van der Waals surface area contributed by atoms with Crippen LogP contribution in [0.4, 0.5) is 0 Å². The van der Waals surface area contributed by atoms with Gasteiger partial charge in [0.1, 0.15) is 12.4 Å². The Labute approximate surface area is 150 Å². The number of hydrazone groups is 1. The molecule has 1 amide bonds. The van der Waals surface area contributed by atoms with Crippen molar-refractivity contribution in [3.05, 3.63) is 88.1 Å². The highest BCUT2D eigenvalue weighted by Gasteiger charge is 2.12. The Kier molecular flexibility index (Phi) is 5.59. The molecule has 0 atom stereocenters. The fraction of sp³-hybridized carbons (Fsp3) is 0.100. The summed E-state index contributed by atoms with van der Waals surface area (Å²) >= 11 is 1.58. The summed E-state index contributed by atoms with van der Waals surface area (Å²) in [6.07, 6.45) is 0. The van der Waals surface area contributed by atoms with E-state index in [9.17, 15) is 4.79 Å². The highest BCUT2D eigenvalue weighted by Crippen LogP contribution is 2.19. The first-order valence-electron chi connectivity index (χ1n) is 7.88. The first-order chi connectivity index (χ1) is 12.2. The van der Waals surface area contributed by atoms with Gasteiger partial charge in [0.15, 0.2) is 0 Å². The highest BCUT2D eigenvalue weighted by molar-refractivity contribution is 7.12. The van der Waals surface area contributed by atoms with Crippen LogP contribution >= 0.6 is 11.3 Å². The van der Waals surface area contributed by atoms with Crippen LogP contribution in [0.15, 0.2) is 77.2 Å². The summed E-state index contributed by atoms with van der Waals surface area (Å²) in [7, 11) is 0. The summed E-state index contributed by atoms with van der Waals surface area (Å²) in [5, 5.41) is 6.15. The lowest BCUT2D eigenvalue weighted by Crippen LogP contribution is -2.20. The van der Waals surface area contributed by atoms with Gasteiger partial charge in [0, 0.05) is 4.88 Å². The summed E-state index contributed by atoms with van der Waals surface area (Å²) in [4.78, 5) is 13.5. The van der Waals surface area contributed by atoms with Crippen molar-refractivity contribution in [3.8, 4) is 5.75 Å². The van der Waals surface area contributed by atoms with Crippen molar-refractivity contribution >= 4 is 23.0 Å². The van der Waals surface area contributed by atoms with E-state index in [0.29, 0.717) is 17.9 Å². The molecular weight excluding hydrogens is 332 g/mol. The van der Waals surface area contributed by atoms with E-state index >= 15 is 0 Å². The smallest absolute Gasteiger partial charge is 0.275 e. The quantitative estimate of drug-likeness (QED) is 0.526. The molecule has 0 saturated heterocycles. The van der Waals surface area contributed by atoms with Gasteiger partial charge in [-0.15, -0.1) is 11.3 Å². The van der Waals surface area contributed by atoms with E-state index in [1.165, 1.54) is 0 Å². The molecule has 1 aromatic heterocycles. The zero-order chi connectivity index (χ0) is 17.5. The molecule has 0 fully saturated rings. The summed E-state index contributed by atoms with van der Waals surface area (Å²) < 4.78 is 5.82. The van der Waals surface area contributed by atoms with Gasteiger partial charge in [-0.2, -0.15) is 5.10 Å². The van der Waals surface area contributed by atoms with E-state index in [1.807, 2.05) is 60.8 Å². The highest BCUT2D eigenvalue weighted by atomic mass is 32.1. The van der Waals surface area contributed by atoms with E-state index in [1.54, 1.807) is 29.5 Å². The average Bonchev–Trinajstić information content (AvgIpc) is 3.20. The number of thiophene rings is 1. The standard InChI is InChI=1S/C20H18N2O2S/c1-15(19-12-7-13-25-19)21-22-20(23)17-10-5-6-11-18(17)24-14-16-8-3-2-4-9-16/h2-13H,14H2,1H3,(H,22,23)/b21-15-. The van der Waals surface area contributed by atoms with Crippen LogP contribution in [0.1, 0.15) is 27.7 Å². The van der Waals surface area contributed by atoms with Gasteiger partial charge < -0.3 is 4.74 Å². The second kappa shape index (κ2) is 8.26. The van der Waals surface area contributed by atoms with Crippen LogP contribution in [0.5, 0.6) is 5.75 Å². The Morgan fingerprint density at radius 3 is 2.56 bits per heavy atom. The number of carbonyl (C=O) groups is 1. The number of hydrogen-bond acceptors (Lipinski definition) is 4. The molecule has 0 saturated carbocycles. The number of ether oxygens (including phenoxy) is 1. The summed E-state index contributed by atoms with van der Waals surface area (Å²) in [6, 6.07) is 20.9. The Balaban J connectivity index is 1.69. The minimum atomic E-state index is -0.292. The van der Waals surface area contributed by atoms with Gasteiger partial charge >= 0.3 is 0 Å². The molecule has 126 valence electrons. The van der Waals surface area contributed by atoms with Crippen LogP contribution in [0.3, 0.4) is 0 Å². The van der Waals surface area contributed by atoms with E-state index < -0.39 is 0 Å². The largest absolute Gasteiger partial charge is 0.488 e. The third kappa shape index (κ3) is 4.55. The molecule has 0 aliphatic carbocycles. The minimum absolute atomic E-state index is 0.292. The van der Waals surface area contributed by atoms with Crippen LogP contribution < -0.4 is 10.2 Å². The number of para-hydroxylation sites is 1. The number of nitrogens with one attached hydrogen (secondary N) is 1. The van der Waals surface area contributed by atoms with Crippen molar-refractivity contribution in [2.75, 3.05) is 0 Å². The molecule has 1 heterocycles. The molecule has 5 heteroatoms. The van der Waals surface area contributed by atoms with Gasteiger partial charge in [-0.25, -0.2) is 5.43 Å². The molecule has 0 aliphatic heterocycles. The lowest BCUT2D eigenvalue weighted by molar-refractivity contribution is 0.0950. The van der Waals surface area contributed by atoms with E-state index in [0.717, 1.165) is 16.2 Å². The van der Waals surface area contributed by atoms with Crippen LogP contribution in [0.25, 0.3) is 0 Å². The first-order valence-corrected chi connectivity index (χ1v) is 8.76. The SMILES string of the molecule is C/C(=N/NC(=O)c1ccccc1OCc1ccccc1)c1cccs1. The summed E-state index contributed by atoms with van der Waals surface area (Å²) in [6.45, 7) is 2.27. The average molecular weight is 350 g/mol. The van der Waals surface area contributed by atoms with E-state index in [2.05, 4.69) is 10.5 Å². The van der Waals surface area contributed by atoms with Gasteiger partial charge in [-0.1, -0.05) is 48.5 Å². The number of hydrogen-bond donors (Lipinski definition) is 1. The fourth-order valence-corrected chi connectivity index (χ4v) is 2.93. The monoisotopic (exact) mass is 350 g/mol. The predicted octanol–water partition coefficient (Wildman–Crippen LogP) is 4.48. The zero-order valence-electron chi connectivity index (χ0n) is 13.8. The number of nitrogens with zero attached hydrogens (tertiary/aromatic N) is 1. The number of carbonyl (C=O) groups excluding carboxylic acids is 1. The fourth-order valence-electron chi connectivity index (χ4n) is 2.25. The topological polar surface area (TPSA) is 50.7 Å². The second-order valence-electron chi connectivity index (χ2n) is 5.39. The summed E-state index contributed by atoms with van der Waals surface area (Å²) in [5.74, 6) is 0.243. The maximum absolute atomic E-state index is 12.5. The summed E-state index contributed by atoms with van der Waals surface area (Å²) in [5.41, 5.74) is 4.88. The van der Waals surface area contributed by atoms with Gasteiger partial charge in [0.05, 0.1) is 11.3 Å². The molecule has 0 bridgehead atoms. The van der Waals surface area contributed by atoms with Crippen molar-refractivity contribution in [1.29, 1.82) is 0 Å². The van der Waals surface area contributed by atoms with Gasteiger partial charge in [0.2, 0.25) is 0 Å². The third-order valence-electron chi connectivity index (χ3n) is 3.57. The first kappa shape index (κ1) is 16.9. The van der Waals surface area contributed by atoms with Crippen molar-refractivity contribution in [1.82, 2.24) is 5.43 Å². The van der Waals surface area contributed by atoms with Gasteiger partial charge in [-0.05, 0) is 36.1 Å². The molecule has 1 N–H and O–H groups in total. The Morgan fingerprint density at radius 1 is 1.04 bits per heavy atom. The number of amides is 1. The maximum Gasteiger partial charge on any atom is 0.275 e. The number of rotatable bonds is 6. The van der Waals surface area contributed by atoms with Crippen LogP contribution in [0.2, 0.25) is 0 Å². The number of benzene rings is 2. The molecule has 3 aromatic rings. The molecule has 0 aliphatic rings. The van der Waals surface area contributed by atoms with Crippen molar-refractivity contribution < 1.29 is 9.53 Å². The molecule has 0 radical (unpaired) electrons. The molecule has 0 unspecified atom stereocenters. The molecule has 0 spiro atoms. The van der Waals surface area contributed by atoms with Crippen molar-refractivity contribution in [2.45, 2.75) is 13.5 Å². The van der Waals surface area contributed by atoms with Crippen molar-refractivity contribution in [2.24, 2.45) is 5.10 Å². The molecule has 3 rings (SSSR count).